The normalized spacial score (nSPS) is 10.1. The van der Waals surface area contributed by atoms with Crippen molar-refractivity contribution in [3.63, 3.8) is 0 Å². The van der Waals surface area contributed by atoms with Crippen molar-refractivity contribution in [2.75, 3.05) is 10.6 Å². The Hall–Kier alpha value is -4.50. The first-order valence-corrected chi connectivity index (χ1v) is 13.2. The molecule has 1 N–H and O–H groups in total. The summed E-state index contributed by atoms with van der Waals surface area (Å²) in [6, 6.07) is 28.1. The molecule has 0 radical (unpaired) electrons. The minimum Gasteiger partial charge on any atom is -0.350 e. The number of rotatable bonds is 9. The molecule has 5 rings (SSSR count). The van der Waals surface area contributed by atoms with Crippen molar-refractivity contribution >= 4 is 33.4 Å². The van der Waals surface area contributed by atoms with Crippen molar-refractivity contribution in [2.24, 2.45) is 0 Å². The van der Waals surface area contributed by atoms with Gasteiger partial charge in [-0.15, -0.1) is 5.10 Å². The predicted molar refractivity (Wildman–Crippen MR) is 159 cm³/mol. The van der Waals surface area contributed by atoms with Gasteiger partial charge in [-0.25, -0.2) is 9.07 Å². The summed E-state index contributed by atoms with van der Waals surface area (Å²) in [6.07, 6.45) is 3.34. The van der Waals surface area contributed by atoms with Gasteiger partial charge in [0, 0.05) is 35.6 Å². The number of ketones is 2. The summed E-state index contributed by atoms with van der Waals surface area (Å²) in [5, 5.41) is 8.08. The molecule has 40 heavy (non-hydrogen) atoms. The third-order valence-corrected chi connectivity index (χ3v) is 6.07. The number of anilines is 1. The van der Waals surface area contributed by atoms with E-state index in [-0.39, 0.29) is 31.4 Å². The van der Waals surface area contributed by atoms with Crippen LogP contribution in [0.5, 0.6) is 0 Å². The van der Waals surface area contributed by atoms with Crippen molar-refractivity contribution in [1.82, 2.24) is 19.7 Å². The molecule has 2 heterocycles. The molecule has 0 unspecified atom stereocenters. The molecule has 0 saturated heterocycles. The number of nitrogens with one attached hydrogen (secondary N) is 1. The summed E-state index contributed by atoms with van der Waals surface area (Å²) in [7, 11) is 0. The third-order valence-electron chi connectivity index (χ3n) is 5.56. The number of alkyl halides is 1. The van der Waals surface area contributed by atoms with Crippen LogP contribution < -0.4 is 5.32 Å². The van der Waals surface area contributed by atoms with Gasteiger partial charge in [-0.05, 0) is 29.8 Å². The number of carbonyl (C=O) groups is 2. The predicted octanol–water partition coefficient (Wildman–Crippen LogP) is 6.87. The van der Waals surface area contributed by atoms with E-state index in [4.69, 9.17) is 0 Å². The van der Waals surface area contributed by atoms with Crippen molar-refractivity contribution in [3.8, 4) is 11.4 Å². The Morgan fingerprint density at radius 3 is 2.02 bits per heavy atom. The Labute approximate surface area is 241 Å². The fourth-order valence-corrected chi connectivity index (χ4v) is 3.86. The maximum atomic E-state index is 13.1. The fourth-order valence-electron chi connectivity index (χ4n) is 3.54. The van der Waals surface area contributed by atoms with E-state index in [0.29, 0.717) is 29.2 Å². The van der Waals surface area contributed by atoms with Crippen LogP contribution in [0, 0.1) is 5.82 Å². The van der Waals surface area contributed by atoms with E-state index < -0.39 is 0 Å². The Kier molecular flexibility index (Phi) is 11.4. The van der Waals surface area contributed by atoms with E-state index in [0.717, 1.165) is 16.7 Å². The molecule has 0 saturated carbocycles. The van der Waals surface area contributed by atoms with E-state index in [2.05, 4.69) is 36.3 Å². The van der Waals surface area contributed by atoms with Crippen LogP contribution in [0.1, 0.15) is 33.7 Å². The molecule has 0 aliphatic rings. The van der Waals surface area contributed by atoms with Crippen molar-refractivity contribution in [3.05, 3.63) is 132 Å². The molecule has 9 heteroatoms. The SMILES string of the molecule is C.O=C(CBr)c1ccccc1.O=C(Cn1nc(-c2cccnc2)nc1NCc1ccc(F)cc1)c1ccccc1. The smallest absolute Gasteiger partial charge is 0.222 e. The van der Waals surface area contributed by atoms with E-state index in [1.165, 1.54) is 12.1 Å². The number of carbonyl (C=O) groups excluding carboxylic acids is 2. The van der Waals surface area contributed by atoms with Gasteiger partial charge in [-0.1, -0.05) is 96.2 Å². The van der Waals surface area contributed by atoms with Gasteiger partial charge >= 0.3 is 0 Å². The van der Waals surface area contributed by atoms with Crippen LogP contribution in [0.15, 0.2) is 109 Å². The first-order chi connectivity index (χ1) is 19.0. The van der Waals surface area contributed by atoms with Gasteiger partial charge in [0.2, 0.25) is 5.95 Å². The van der Waals surface area contributed by atoms with Gasteiger partial charge in [0.05, 0.1) is 5.33 Å². The van der Waals surface area contributed by atoms with E-state index >= 15 is 0 Å². The quantitative estimate of drug-likeness (QED) is 0.146. The van der Waals surface area contributed by atoms with Crippen molar-refractivity contribution < 1.29 is 14.0 Å². The van der Waals surface area contributed by atoms with Crippen LogP contribution >= 0.6 is 15.9 Å². The van der Waals surface area contributed by atoms with Crippen molar-refractivity contribution in [2.45, 2.75) is 20.5 Å². The second kappa shape index (κ2) is 15.2. The average molecular weight is 603 g/mol. The molecule has 2 aromatic heterocycles. The maximum Gasteiger partial charge on any atom is 0.222 e. The number of hydrogen-bond donors (Lipinski definition) is 1. The number of aromatic nitrogens is 4. The molecule has 0 aliphatic heterocycles. The van der Waals surface area contributed by atoms with Crippen LogP contribution in [0.25, 0.3) is 11.4 Å². The van der Waals surface area contributed by atoms with E-state index in [9.17, 15) is 14.0 Å². The van der Waals surface area contributed by atoms with Gasteiger partial charge in [0.15, 0.2) is 17.4 Å². The lowest BCUT2D eigenvalue weighted by Gasteiger charge is -2.08. The van der Waals surface area contributed by atoms with Crippen molar-refractivity contribution in [1.29, 1.82) is 0 Å². The lowest BCUT2D eigenvalue weighted by molar-refractivity contribution is 0.0967. The molecular formula is C31H29BrFN5O2. The Morgan fingerprint density at radius 1 is 0.825 bits per heavy atom. The molecule has 0 atom stereocenters. The maximum absolute atomic E-state index is 13.1. The number of halogens is 2. The Morgan fingerprint density at radius 2 is 1.45 bits per heavy atom. The summed E-state index contributed by atoms with van der Waals surface area (Å²) >= 11 is 3.10. The second-order valence-corrected chi connectivity index (χ2v) is 8.91. The molecular weight excluding hydrogens is 573 g/mol. The molecule has 0 fully saturated rings. The number of Topliss-reactive ketones (excluding diaryl/α,β-unsaturated/α-hetero) is 2. The highest BCUT2D eigenvalue weighted by Gasteiger charge is 2.15. The zero-order valence-electron chi connectivity index (χ0n) is 20.9. The monoisotopic (exact) mass is 601 g/mol. The van der Waals surface area contributed by atoms with E-state index in [1.54, 1.807) is 47.4 Å². The number of benzene rings is 3. The summed E-state index contributed by atoms with van der Waals surface area (Å²) in [4.78, 5) is 32.3. The molecule has 7 nitrogen and oxygen atoms in total. The standard InChI is InChI=1S/C22H18FN5O.C8H7BrO.CH4/c23-19-10-8-16(9-11-19)13-25-22-26-21(18-7-4-12-24-14-18)27-28(22)15-20(29)17-5-2-1-3-6-17;9-6-8(10)7-4-2-1-3-5-7;/h1-12,14H,13,15H2,(H,25,26,27);1-5H,6H2;1H4. The Balaban J connectivity index is 0.000000340. The van der Waals surface area contributed by atoms with Crippen LogP contribution in [0.3, 0.4) is 0 Å². The Bertz CT molecular complexity index is 1500. The summed E-state index contributed by atoms with van der Waals surface area (Å²) in [6.45, 7) is 0.466. The highest BCUT2D eigenvalue weighted by atomic mass is 79.9. The largest absolute Gasteiger partial charge is 0.350 e. The fraction of sp³-hybridized carbons (Fsp3) is 0.129. The average Bonchev–Trinajstić information content (AvgIpc) is 3.40. The summed E-state index contributed by atoms with van der Waals surface area (Å²) < 4.78 is 14.7. The highest BCUT2D eigenvalue weighted by molar-refractivity contribution is 9.09. The lowest BCUT2D eigenvalue weighted by Crippen LogP contribution is -2.15. The minimum absolute atomic E-state index is 0. The molecule has 3 aromatic carbocycles. The first kappa shape index (κ1) is 30.0. The molecule has 0 spiro atoms. The van der Waals surface area contributed by atoms with Gasteiger partial charge in [-0.2, -0.15) is 4.98 Å². The lowest BCUT2D eigenvalue weighted by atomic mass is 10.1. The third kappa shape index (κ3) is 8.51. The van der Waals surface area contributed by atoms with Crippen LogP contribution in [0.4, 0.5) is 10.3 Å². The van der Waals surface area contributed by atoms with Crippen LogP contribution in [0.2, 0.25) is 0 Å². The summed E-state index contributed by atoms with van der Waals surface area (Å²) in [5.74, 6) is 0.695. The van der Waals surface area contributed by atoms with Gasteiger partial charge < -0.3 is 5.32 Å². The van der Waals surface area contributed by atoms with Crippen LogP contribution in [-0.2, 0) is 13.1 Å². The number of hydrogen-bond acceptors (Lipinski definition) is 6. The minimum atomic E-state index is -0.288. The van der Waals surface area contributed by atoms with Gasteiger partial charge in [-0.3, -0.25) is 14.6 Å². The van der Waals surface area contributed by atoms with Gasteiger partial charge in [0.1, 0.15) is 12.4 Å². The van der Waals surface area contributed by atoms with E-state index in [1.807, 2.05) is 54.6 Å². The van der Waals surface area contributed by atoms with Crippen LogP contribution in [-0.4, -0.2) is 36.6 Å². The molecule has 0 bridgehead atoms. The summed E-state index contributed by atoms with van der Waals surface area (Å²) in [5.41, 5.74) is 3.01. The molecule has 5 aromatic rings. The molecule has 0 amide bonds. The topological polar surface area (TPSA) is 89.8 Å². The second-order valence-electron chi connectivity index (χ2n) is 8.35. The van der Waals surface area contributed by atoms with Gasteiger partial charge in [0.25, 0.3) is 0 Å². The zero-order chi connectivity index (χ0) is 27.5. The number of nitrogens with zero attached hydrogens (tertiary/aromatic N) is 4. The molecule has 204 valence electrons. The number of pyridine rings is 1. The first-order valence-electron chi connectivity index (χ1n) is 12.1. The molecule has 0 aliphatic carbocycles. The highest BCUT2D eigenvalue weighted by Crippen LogP contribution is 2.18. The zero-order valence-corrected chi connectivity index (χ0v) is 22.5.